The molecule has 3 aromatic rings. The summed E-state index contributed by atoms with van der Waals surface area (Å²) in [6, 6.07) is 13.6. The number of carbonyl (C=O) groups is 1. The fraction of sp³-hybridized carbons (Fsp3) is 0.0455. The maximum absolute atomic E-state index is 12.5. The number of aromatic amines is 2. The molecule has 0 radical (unpaired) electrons. The number of fused-ring (bicyclic) bond motifs is 8. The highest BCUT2D eigenvalue weighted by molar-refractivity contribution is 6.01. The lowest BCUT2D eigenvalue weighted by Crippen LogP contribution is -2.04. The molecule has 3 aromatic heterocycles. The molecule has 0 saturated heterocycles. The lowest BCUT2D eigenvalue weighted by molar-refractivity contribution is 0.0602. The van der Waals surface area contributed by atoms with Gasteiger partial charge >= 0.3 is 5.97 Å². The van der Waals surface area contributed by atoms with Crippen molar-refractivity contribution in [1.82, 2.24) is 19.9 Å². The van der Waals surface area contributed by atoms with E-state index in [0.717, 1.165) is 33.6 Å². The first kappa shape index (κ1) is 16.3. The van der Waals surface area contributed by atoms with Gasteiger partial charge in [0.1, 0.15) is 5.56 Å². The quantitative estimate of drug-likeness (QED) is 0.428. The average Bonchev–Trinajstić information content (AvgIpc) is 3.46. The van der Waals surface area contributed by atoms with Crippen LogP contribution in [0.1, 0.15) is 33.1 Å². The van der Waals surface area contributed by atoms with Crippen LogP contribution >= 0.6 is 0 Å². The van der Waals surface area contributed by atoms with Gasteiger partial charge in [-0.25, -0.2) is 14.8 Å². The Labute approximate surface area is 160 Å². The monoisotopic (exact) mass is 368 g/mol. The standard InChI is InChI=1S/C22H16N4O2/c1-28-22(27)21-19-8-6-17(25-19)11-15-4-2-13(23-15)10-14-3-5-16(24-14)12-18-7-9-20(21)26-18/h2-12,23,26H,1H3. The first-order valence-corrected chi connectivity index (χ1v) is 8.84. The maximum Gasteiger partial charge on any atom is 0.342 e. The van der Waals surface area contributed by atoms with E-state index in [-0.39, 0.29) is 0 Å². The van der Waals surface area contributed by atoms with Crippen LogP contribution in [-0.4, -0.2) is 33.0 Å². The highest BCUT2D eigenvalue weighted by Crippen LogP contribution is 2.21. The normalized spacial score (nSPS) is 12.3. The minimum Gasteiger partial charge on any atom is -0.465 e. The van der Waals surface area contributed by atoms with Gasteiger partial charge in [0.05, 0.1) is 35.4 Å². The molecule has 0 unspecified atom stereocenters. The van der Waals surface area contributed by atoms with E-state index in [0.29, 0.717) is 16.8 Å². The second kappa shape index (κ2) is 6.35. The molecule has 28 heavy (non-hydrogen) atoms. The summed E-state index contributed by atoms with van der Waals surface area (Å²) in [7, 11) is 1.37. The first-order chi connectivity index (χ1) is 13.7. The van der Waals surface area contributed by atoms with Crippen molar-refractivity contribution < 1.29 is 9.53 Å². The third kappa shape index (κ3) is 2.91. The number of ether oxygens (including phenoxy) is 1. The molecule has 136 valence electrons. The summed E-state index contributed by atoms with van der Waals surface area (Å²) in [5, 5.41) is 0. The molecule has 5 rings (SSSR count). The van der Waals surface area contributed by atoms with Gasteiger partial charge in [-0.15, -0.1) is 0 Å². The molecule has 6 heteroatoms. The Hall–Kier alpha value is -3.93. The van der Waals surface area contributed by atoms with Crippen LogP contribution < -0.4 is 0 Å². The molecule has 6 nitrogen and oxygen atoms in total. The maximum atomic E-state index is 12.5. The number of nitrogens with zero attached hydrogens (tertiary/aromatic N) is 2. The van der Waals surface area contributed by atoms with Gasteiger partial charge in [0, 0.05) is 16.6 Å². The summed E-state index contributed by atoms with van der Waals surface area (Å²) in [5.41, 5.74) is 6.78. The largest absolute Gasteiger partial charge is 0.465 e. The number of rotatable bonds is 1. The van der Waals surface area contributed by atoms with Crippen molar-refractivity contribution in [2.75, 3.05) is 7.11 Å². The molecule has 0 amide bonds. The number of H-pyrrole nitrogens is 2. The Morgan fingerprint density at radius 1 is 0.786 bits per heavy atom. The number of methoxy groups -OCH3 is 1. The van der Waals surface area contributed by atoms with Crippen LogP contribution in [-0.2, 0) is 4.74 Å². The number of esters is 1. The molecule has 0 saturated carbocycles. The van der Waals surface area contributed by atoms with Gasteiger partial charge < -0.3 is 14.7 Å². The Balaban J connectivity index is 1.89. The molecule has 2 N–H and O–H groups in total. The summed E-state index contributed by atoms with van der Waals surface area (Å²) in [6.45, 7) is 0. The van der Waals surface area contributed by atoms with Crippen molar-refractivity contribution >= 4 is 52.3 Å². The van der Waals surface area contributed by atoms with Gasteiger partial charge in [-0.05, 0) is 66.8 Å². The number of aromatic nitrogens is 4. The van der Waals surface area contributed by atoms with Crippen LogP contribution in [0.25, 0.3) is 46.4 Å². The van der Waals surface area contributed by atoms with E-state index < -0.39 is 5.97 Å². The van der Waals surface area contributed by atoms with E-state index in [4.69, 9.17) is 4.74 Å². The van der Waals surface area contributed by atoms with E-state index in [9.17, 15) is 4.79 Å². The Morgan fingerprint density at radius 2 is 1.36 bits per heavy atom. The Bertz CT molecular complexity index is 1330. The van der Waals surface area contributed by atoms with Crippen LogP contribution in [0.15, 0.2) is 42.5 Å². The smallest absolute Gasteiger partial charge is 0.342 e. The Kier molecular flexibility index (Phi) is 3.69. The van der Waals surface area contributed by atoms with Crippen LogP contribution in [0.3, 0.4) is 0 Å². The van der Waals surface area contributed by atoms with Crippen LogP contribution in [0.4, 0.5) is 0 Å². The molecular formula is C22H16N4O2. The number of carbonyl (C=O) groups excluding carboxylic acids is 1. The lowest BCUT2D eigenvalue weighted by atomic mass is 10.2. The van der Waals surface area contributed by atoms with Crippen molar-refractivity contribution in [3.05, 3.63) is 70.8 Å². The fourth-order valence-electron chi connectivity index (χ4n) is 3.33. The average molecular weight is 368 g/mol. The molecule has 5 heterocycles. The van der Waals surface area contributed by atoms with Gasteiger partial charge in [-0.2, -0.15) is 0 Å². The predicted molar refractivity (Wildman–Crippen MR) is 110 cm³/mol. The third-order valence-electron chi connectivity index (χ3n) is 4.61. The fourth-order valence-corrected chi connectivity index (χ4v) is 3.33. The topological polar surface area (TPSA) is 83.7 Å². The molecule has 0 aliphatic carbocycles. The summed E-state index contributed by atoms with van der Waals surface area (Å²) in [6.07, 6.45) is 7.62. The number of nitrogens with one attached hydrogen (secondary N) is 2. The summed E-state index contributed by atoms with van der Waals surface area (Å²) in [4.78, 5) is 28.3. The van der Waals surface area contributed by atoms with E-state index in [1.54, 1.807) is 0 Å². The first-order valence-electron chi connectivity index (χ1n) is 8.84. The predicted octanol–water partition coefficient (Wildman–Crippen LogP) is 4.44. The highest BCUT2D eigenvalue weighted by Gasteiger charge is 2.16. The highest BCUT2D eigenvalue weighted by atomic mass is 16.5. The number of hydrogen-bond acceptors (Lipinski definition) is 4. The van der Waals surface area contributed by atoms with E-state index >= 15 is 0 Å². The van der Waals surface area contributed by atoms with Crippen molar-refractivity contribution in [1.29, 1.82) is 0 Å². The van der Waals surface area contributed by atoms with Crippen LogP contribution in [0.2, 0.25) is 0 Å². The Morgan fingerprint density at radius 3 is 2.04 bits per heavy atom. The molecule has 2 aliphatic heterocycles. The zero-order chi connectivity index (χ0) is 19.1. The van der Waals surface area contributed by atoms with E-state index in [2.05, 4.69) is 19.9 Å². The van der Waals surface area contributed by atoms with Crippen molar-refractivity contribution in [2.24, 2.45) is 0 Å². The van der Waals surface area contributed by atoms with Crippen molar-refractivity contribution in [3.8, 4) is 0 Å². The second-order valence-electron chi connectivity index (χ2n) is 6.55. The molecule has 0 aromatic carbocycles. The van der Waals surface area contributed by atoms with Gasteiger partial charge in [0.15, 0.2) is 0 Å². The zero-order valence-electron chi connectivity index (χ0n) is 15.1. The SMILES string of the molecule is COC(=O)c1c2nc(cc3ccc(cc4nc(cc5ccc1[nH]5)C=C4)[nH]3)C=C2. The van der Waals surface area contributed by atoms with Gasteiger partial charge in [-0.3, -0.25) is 0 Å². The second-order valence-corrected chi connectivity index (χ2v) is 6.55. The van der Waals surface area contributed by atoms with E-state index in [1.807, 2.05) is 66.8 Å². The van der Waals surface area contributed by atoms with Crippen molar-refractivity contribution in [3.63, 3.8) is 0 Å². The van der Waals surface area contributed by atoms with Crippen LogP contribution in [0.5, 0.6) is 0 Å². The molecule has 0 atom stereocenters. The molecule has 0 spiro atoms. The minimum absolute atomic E-state index is 0.394. The summed E-state index contributed by atoms with van der Waals surface area (Å²) >= 11 is 0. The zero-order valence-corrected chi connectivity index (χ0v) is 15.1. The van der Waals surface area contributed by atoms with Crippen molar-refractivity contribution in [2.45, 2.75) is 0 Å². The minimum atomic E-state index is -0.440. The molecule has 2 aliphatic rings. The lowest BCUT2D eigenvalue weighted by Gasteiger charge is -2.00. The van der Waals surface area contributed by atoms with Gasteiger partial charge in [0.25, 0.3) is 0 Å². The molecule has 8 bridgehead atoms. The van der Waals surface area contributed by atoms with Gasteiger partial charge in [0.2, 0.25) is 0 Å². The van der Waals surface area contributed by atoms with Crippen LogP contribution in [0, 0.1) is 0 Å². The molecule has 0 fully saturated rings. The van der Waals surface area contributed by atoms with E-state index in [1.165, 1.54) is 7.11 Å². The summed E-state index contributed by atoms with van der Waals surface area (Å²) in [5.74, 6) is -0.440. The molecular weight excluding hydrogens is 352 g/mol. The summed E-state index contributed by atoms with van der Waals surface area (Å²) < 4.78 is 5.00. The van der Waals surface area contributed by atoms with Gasteiger partial charge in [-0.1, -0.05) is 0 Å². The number of hydrogen-bond donors (Lipinski definition) is 2. The third-order valence-corrected chi connectivity index (χ3v) is 4.61.